The van der Waals surface area contributed by atoms with E-state index in [1.807, 2.05) is 0 Å². The summed E-state index contributed by atoms with van der Waals surface area (Å²) in [5.74, 6) is 0.0532. The van der Waals surface area contributed by atoms with Crippen molar-refractivity contribution in [1.82, 2.24) is 10.0 Å². The first-order chi connectivity index (χ1) is 11.8. The number of hydrogen-bond acceptors (Lipinski definition) is 6. The third-order valence-electron chi connectivity index (χ3n) is 4.31. The van der Waals surface area contributed by atoms with Crippen LogP contribution in [0.4, 0.5) is 5.69 Å². The van der Waals surface area contributed by atoms with Gasteiger partial charge in [0, 0.05) is 31.1 Å². The summed E-state index contributed by atoms with van der Waals surface area (Å²) in [7, 11) is -3.81. The van der Waals surface area contributed by atoms with Gasteiger partial charge < -0.3 is 11.1 Å². The zero-order valence-electron chi connectivity index (χ0n) is 13.7. The van der Waals surface area contributed by atoms with E-state index in [4.69, 9.17) is 5.73 Å². The molecular formula is C15H22N4O5S. The van der Waals surface area contributed by atoms with E-state index in [0.717, 1.165) is 43.5 Å². The second kappa shape index (κ2) is 8.37. The van der Waals surface area contributed by atoms with Crippen molar-refractivity contribution >= 4 is 21.6 Å². The van der Waals surface area contributed by atoms with E-state index in [2.05, 4.69) is 10.0 Å². The van der Waals surface area contributed by atoms with Crippen molar-refractivity contribution in [2.45, 2.75) is 36.6 Å². The van der Waals surface area contributed by atoms with E-state index >= 15 is 0 Å². The van der Waals surface area contributed by atoms with Crippen molar-refractivity contribution in [1.29, 1.82) is 0 Å². The van der Waals surface area contributed by atoms with Crippen LogP contribution in [0.15, 0.2) is 29.2 Å². The van der Waals surface area contributed by atoms with Gasteiger partial charge in [-0.25, -0.2) is 13.1 Å². The molecule has 0 spiro atoms. The SMILES string of the molecule is NCC1CCCC1NC(=O)CCNS(=O)(=O)c1ccc([N+](=O)[O-])cc1. The van der Waals surface area contributed by atoms with Crippen LogP contribution in [0.25, 0.3) is 0 Å². The second-order valence-electron chi connectivity index (χ2n) is 6.00. The van der Waals surface area contributed by atoms with E-state index in [9.17, 15) is 23.3 Å². The summed E-state index contributed by atoms with van der Waals surface area (Å²) >= 11 is 0. The van der Waals surface area contributed by atoms with Crippen molar-refractivity contribution in [2.75, 3.05) is 13.1 Å². The summed E-state index contributed by atoms with van der Waals surface area (Å²) in [6, 6.07) is 4.61. The molecule has 2 rings (SSSR count). The monoisotopic (exact) mass is 370 g/mol. The summed E-state index contributed by atoms with van der Waals surface area (Å²) in [6.07, 6.45) is 2.93. The quantitative estimate of drug-likeness (QED) is 0.449. The topological polar surface area (TPSA) is 144 Å². The molecule has 0 aliphatic heterocycles. The maximum atomic E-state index is 12.1. The Bertz CT molecular complexity index is 720. The molecule has 0 aromatic heterocycles. The fourth-order valence-corrected chi connectivity index (χ4v) is 3.95. The predicted molar refractivity (Wildman–Crippen MR) is 91.2 cm³/mol. The van der Waals surface area contributed by atoms with Gasteiger partial charge in [-0.1, -0.05) is 6.42 Å². The number of sulfonamides is 1. The van der Waals surface area contributed by atoms with E-state index in [1.165, 1.54) is 0 Å². The summed E-state index contributed by atoms with van der Waals surface area (Å²) in [4.78, 5) is 21.8. The lowest BCUT2D eigenvalue weighted by atomic mass is 10.0. The highest BCUT2D eigenvalue weighted by Gasteiger charge is 2.27. The number of nitrogens with two attached hydrogens (primary N) is 1. The molecular weight excluding hydrogens is 348 g/mol. The molecule has 1 aliphatic carbocycles. The first-order valence-corrected chi connectivity index (χ1v) is 9.55. The Hall–Kier alpha value is -2.04. The Morgan fingerprint density at radius 1 is 1.28 bits per heavy atom. The third kappa shape index (κ3) is 5.21. The summed E-state index contributed by atoms with van der Waals surface area (Å²) in [6.45, 7) is 0.475. The lowest BCUT2D eigenvalue weighted by Crippen LogP contribution is -2.41. The smallest absolute Gasteiger partial charge is 0.269 e. The second-order valence-corrected chi connectivity index (χ2v) is 7.77. The van der Waals surface area contributed by atoms with Gasteiger partial charge in [0.15, 0.2) is 0 Å². The fraction of sp³-hybridized carbons (Fsp3) is 0.533. The minimum Gasteiger partial charge on any atom is -0.353 e. The molecule has 2 unspecified atom stereocenters. The molecule has 0 bridgehead atoms. The van der Waals surface area contributed by atoms with Gasteiger partial charge in [0.1, 0.15) is 0 Å². The number of nitrogens with one attached hydrogen (secondary N) is 2. The highest BCUT2D eigenvalue weighted by Crippen LogP contribution is 2.24. The number of carbonyl (C=O) groups excluding carboxylic acids is 1. The third-order valence-corrected chi connectivity index (χ3v) is 5.79. The molecule has 1 saturated carbocycles. The number of nitro benzene ring substituents is 1. The minimum atomic E-state index is -3.81. The summed E-state index contributed by atoms with van der Waals surface area (Å²) < 4.78 is 26.5. The van der Waals surface area contributed by atoms with Gasteiger partial charge in [0.05, 0.1) is 9.82 Å². The molecule has 4 N–H and O–H groups in total. The van der Waals surface area contributed by atoms with Gasteiger partial charge in [-0.05, 0) is 37.4 Å². The van der Waals surface area contributed by atoms with Gasteiger partial charge >= 0.3 is 0 Å². The fourth-order valence-electron chi connectivity index (χ4n) is 2.92. The molecule has 25 heavy (non-hydrogen) atoms. The molecule has 10 heteroatoms. The van der Waals surface area contributed by atoms with Crippen LogP contribution in [0.5, 0.6) is 0 Å². The van der Waals surface area contributed by atoms with E-state index < -0.39 is 14.9 Å². The highest BCUT2D eigenvalue weighted by molar-refractivity contribution is 7.89. The van der Waals surface area contributed by atoms with Crippen molar-refractivity contribution in [2.24, 2.45) is 11.7 Å². The van der Waals surface area contributed by atoms with Crippen LogP contribution in [0, 0.1) is 16.0 Å². The van der Waals surface area contributed by atoms with Crippen molar-refractivity contribution < 1.29 is 18.1 Å². The van der Waals surface area contributed by atoms with Gasteiger partial charge in [0.25, 0.3) is 5.69 Å². The number of nitrogens with zero attached hydrogens (tertiary/aromatic N) is 1. The molecule has 1 fully saturated rings. The van der Waals surface area contributed by atoms with Crippen LogP contribution in [0.3, 0.4) is 0 Å². The molecule has 0 saturated heterocycles. The van der Waals surface area contributed by atoms with Crippen LogP contribution in [-0.2, 0) is 14.8 Å². The Labute approximate surface area is 146 Å². The number of non-ortho nitro benzene ring substituents is 1. The standard InChI is InChI=1S/C15H22N4O5S/c16-10-11-2-1-3-14(11)18-15(20)8-9-17-25(23,24)13-6-4-12(5-7-13)19(21)22/h4-7,11,14,17H,1-3,8-10,16H2,(H,18,20). The largest absolute Gasteiger partial charge is 0.353 e. The number of carbonyl (C=O) groups is 1. The Kier molecular flexibility index (Phi) is 6.45. The molecule has 1 aromatic carbocycles. The van der Waals surface area contributed by atoms with Gasteiger partial charge in [-0.15, -0.1) is 0 Å². The van der Waals surface area contributed by atoms with Crippen LogP contribution in [0.1, 0.15) is 25.7 Å². The average molecular weight is 370 g/mol. The molecule has 0 radical (unpaired) electrons. The number of benzene rings is 1. The van der Waals surface area contributed by atoms with Crippen LogP contribution < -0.4 is 15.8 Å². The van der Waals surface area contributed by atoms with Gasteiger partial charge in [-0.3, -0.25) is 14.9 Å². The Morgan fingerprint density at radius 2 is 1.96 bits per heavy atom. The van der Waals surface area contributed by atoms with Crippen molar-refractivity contribution in [3.8, 4) is 0 Å². The number of rotatable bonds is 8. The number of amides is 1. The lowest BCUT2D eigenvalue weighted by Gasteiger charge is -2.19. The predicted octanol–water partition coefficient (Wildman–Crippen LogP) is 0.507. The number of nitro groups is 1. The van der Waals surface area contributed by atoms with Crippen LogP contribution >= 0.6 is 0 Å². The molecule has 2 atom stereocenters. The lowest BCUT2D eigenvalue weighted by molar-refractivity contribution is -0.384. The average Bonchev–Trinajstić information content (AvgIpc) is 3.01. The molecule has 1 amide bonds. The van der Waals surface area contributed by atoms with E-state index in [1.54, 1.807) is 0 Å². The van der Waals surface area contributed by atoms with Gasteiger partial charge in [0.2, 0.25) is 15.9 Å². The first kappa shape index (κ1) is 19.3. The molecule has 1 aromatic rings. The van der Waals surface area contributed by atoms with Crippen LogP contribution in [0.2, 0.25) is 0 Å². The zero-order chi connectivity index (χ0) is 18.4. The van der Waals surface area contributed by atoms with Crippen molar-refractivity contribution in [3.63, 3.8) is 0 Å². The number of hydrogen-bond donors (Lipinski definition) is 3. The Balaban J connectivity index is 1.83. The van der Waals surface area contributed by atoms with E-state index in [0.29, 0.717) is 6.54 Å². The van der Waals surface area contributed by atoms with Crippen LogP contribution in [-0.4, -0.2) is 38.4 Å². The summed E-state index contributed by atoms with van der Waals surface area (Å²) in [5, 5.41) is 13.5. The molecule has 1 aliphatic rings. The zero-order valence-corrected chi connectivity index (χ0v) is 14.5. The van der Waals surface area contributed by atoms with E-state index in [-0.39, 0.29) is 41.4 Å². The maximum absolute atomic E-state index is 12.1. The normalized spacial score (nSPS) is 20.4. The molecule has 138 valence electrons. The minimum absolute atomic E-state index is 0.0139. The Morgan fingerprint density at radius 3 is 2.56 bits per heavy atom. The first-order valence-electron chi connectivity index (χ1n) is 8.07. The highest BCUT2D eigenvalue weighted by atomic mass is 32.2. The molecule has 9 nitrogen and oxygen atoms in total. The van der Waals surface area contributed by atoms with Crippen molar-refractivity contribution in [3.05, 3.63) is 34.4 Å². The maximum Gasteiger partial charge on any atom is 0.269 e. The van der Waals surface area contributed by atoms with Gasteiger partial charge in [-0.2, -0.15) is 0 Å². The summed E-state index contributed by atoms with van der Waals surface area (Å²) in [5.41, 5.74) is 5.48. The molecule has 0 heterocycles.